The monoisotopic (exact) mass is 592 g/mol. The third kappa shape index (κ3) is 4.75. The molecule has 0 amide bonds. The minimum Gasteiger partial charge on any atom is -0.463 e. The molecule has 1 aliphatic rings. The fourth-order valence-corrected chi connectivity index (χ4v) is 6.25. The van der Waals surface area contributed by atoms with Crippen LogP contribution in [0, 0.1) is 0 Å². The van der Waals surface area contributed by atoms with E-state index in [-0.39, 0.29) is 21.5 Å². The molecule has 4 aromatic carbocycles. The second-order valence-electron chi connectivity index (χ2n) is 9.35. The molecule has 0 radical (unpaired) electrons. The van der Waals surface area contributed by atoms with E-state index in [1.54, 1.807) is 6.08 Å². The van der Waals surface area contributed by atoms with Crippen LogP contribution in [0.4, 0.5) is 13.2 Å². The molecule has 0 fully saturated rings. The third-order valence-electron chi connectivity index (χ3n) is 6.87. The number of carbonyl (C=O) groups is 1. The molecule has 0 spiro atoms. The Bertz CT molecular complexity index is 2010. The van der Waals surface area contributed by atoms with E-state index in [0.717, 1.165) is 43.0 Å². The van der Waals surface area contributed by atoms with Gasteiger partial charge in [0.05, 0.1) is 22.8 Å². The first-order valence-corrected chi connectivity index (χ1v) is 13.8. The topological polar surface area (TPSA) is 60.7 Å². The van der Waals surface area contributed by atoms with Gasteiger partial charge >= 0.3 is 12.1 Å². The summed E-state index contributed by atoms with van der Waals surface area (Å²) in [5.41, 5.74) is -1.70. The van der Waals surface area contributed by atoms with Gasteiger partial charge in [0, 0.05) is 5.02 Å². The van der Waals surface area contributed by atoms with Crippen LogP contribution in [0.1, 0.15) is 24.1 Å². The van der Waals surface area contributed by atoms with E-state index in [9.17, 15) is 22.8 Å². The van der Waals surface area contributed by atoms with Crippen LogP contribution < -0.4 is 14.9 Å². The second-order valence-corrected chi connectivity index (χ2v) is 10.8. The average Bonchev–Trinajstić information content (AvgIpc) is 3.26. The lowest BCUT2D eigenvalue weighted by Crippen LogP contribution is -2.41. The van der Waals surface area contributed by atoms with Gasteiger partial charge in [0.1, 0.15) is 0 Å². The van der Waals surface area contributed by atoms with Crippen LogP contribution in [0.15, 0.2) is 99.9 Å². The highest BCUT2D eigenvalue weighted by atomic mass is 35.5. The summed E-state index contributed by atoms with van der Waals surface area (Å²) in [6, 6.07) is 22.0. The van der Waals surface area contributed by atoms with E-state index in [1.807, 2.05) is 54.6 Å². The second kappa shape index (κ2) is 10.3. The van der Waals surface area contributed by atoms with Crippen molar-refractivity contribution < 1.29 is 22.7 Å². The summed E-state index contributed by atoms with van der Waals surface area (Å²) in [5, 5.41) is 4.02. The largest absolute Gasteiger partial charge is 0.463 e. The predicted octanol–water partition coefficient (Wildman–Crippen LogP) is 6.30. The van der Waals surface area contributed by atoms with Gasteiger partial charge in [-0.15, -0.1) is 0 Å². The summed E-state index contributed by atoms with van der Waals surface area (Å²) in [6.45, 7) is 1.34. The molecule has 1 aromatic heterocycles. The predicted molar refractivity (Wildman–Crippen MR) is 154 cm³/mol. The molecule has 0 N–H and O–H groups in total. The Hall–Kier alpha value is -4.21. The summed E-state index contributed by atoms with van der Waals surface area (Å²) in [7, 11) is 0. The zero-order chi connectivity index (χ0) is 28.9. The molecule has 0 saturated carbocycles. The van der Waals surface area contributed by atoms with E-state index in [0.29, 0.717) is 5.02 Å². The summed E-state index contributed by atoms with van der Waals surface area (Å²) < 4.78 is 49.5. The van der Waals surface area contributed by atoms with Crippen LogP contribution in [-0.4, -0.2) is 23.3 Å². The van der Waals surface area contributed by atoms with Gasteiger partial charge in [-0.2, -0.15) is 13.2 Å². The molecule has 1 aliphatic heterocycles. The number of ether oxygens (including phenoxy) is 1. The highest BCUT2D eigenvalue weighted by Gasteiger charge is 2.45. The molecule has 1 atom stereocenters. The fraction of sp³-hybridized carbons (Fsp3) is 0.129. The fourth-order valence-electron chi connectivity index (χ4n) is 5.14. The van der Waals surface area contributed by atoms with Crippen molar-refractivity contribution in [3.8, 4) is 0 Å². The first-order valence-electron chi connectivity index (χ1n) is 12.6. The van der Waals surface area contributed by atoms with E-state index in [2.05, 4.69) is 4.99 Å². The van der Waals surface area contributed by atoms with Crippen LogP contribution in [0.2, 0.25) is 5.02 Å². The molecule has 6 rings (SSSR count). The molecule has 41 heavy (non-hydrogen) atoms. The molecule has 10 heteroatoms. The van der Waals surface area contributed by atoms with E-state index in [1.165, 1.54) is 31.2 Å². The van der Waals surface area contributed by atoms with Gasteiger partial charge in [0.15, 0.2) is 10.5 Å². The van der Waals surface area contributed by atoms with Crippen LogP contribution >= 0.6 is 22.9 Å². The standard InChI is InChI=1S/C31H20ClF3N2O3S/c1-2-40-29(39)25-26(17-11-13-20(32)14-12-17)37-28(38)24(41-30(37)36-27(25)31(33,34)35)16-23-21-9-5-3-7-18(21)15-19-8-4-6-10-22(19)23/h3-16,26H,2H2,1H3/b24-16-/t26-/m1/s1. The zero-order valence-electron chi connectivity index (χ0n) is 21.4. The lowest BCUT2D eigenvalue weighted by Gasteiger charge is -2.26. The van der Waals surface area contributed by atoms with Crippen molar-refractivity contribution in [1.29, 1.82) is 0 Å². The minimum atomic E-state index is -4.98. The normalized spacial score (nSPS) is 15.7. The van der Waals surface area contributed by atoms with Crippen LogP contribution in [0.3, 0.4) is 0 Å². The lowest BCUT2D eigenvalue weighted by molar-refractivity contribution is -0.140. The Morgan fingerprint density at radius 2 is 1.63 bits per heavy atom. The molecular formula is C31H20ClF3N2O3S. The number of carbonyl (C=O) groups excluding carboxylic acids is 1. The molecule has 0 saturated heterocycles. The average molecular weight is 593 g/mol. The van der Waals surface area contributed by atoms with Crippen molar-refractivity contribution in [3.63, 3.8) is 0 Å². The Morgan fingerprint density at radius 3 is 2.22 bits per heavy atom. The number of halogens is 4. The highest BCUT2D eigenvalue weighted by molar-refractivity contribution is 7.07. The number of rotatable bonds is 4. The SMILES string of the molecule is CCOC(=O)C1=C(C(F)(F)F)N=c2s/c(=C\c3c4ccccc4cc4ccccc34)c(=O)n2[C@@H]1c1ccc(Cl)cc1. The Kier molecular flexibility index (Phi) is 6.79. The number of alkyl halides is 3. The number of hydrogen-bond donors (Lipinski definition) is 0. The van der Waals surface area contributed by atoms with Crippen LogP contribution in [-0.2, 0) is 9.53 Å². The maximum atomic E-state index is 14.4. The summed E-state index contributed by atoms with van der Waals surface area (Å²) in [4.78, 5) is 30.7. The molecule has 0 unspecified atom stereocenters. The smallest absolute Gasteiger partial charge is 0.434 e. The van der Waals surface area contributed by atoms with Gasteiger partial charge in [-0.3, -0.25) is 9.36 Å². The summed E-state index contributed by atoms with van der Waals surface area (Å²) in [6.07, 6.45) is -3.29. The Balaban J connectivity index is 1.69. The first-order chi connectivity index (χ1) is 19.7. The number of nitrogens with zero attached hydrogens (tertiary/aromatic N) is 2. The van der Waals surface area contributed by atoms with Gasteiger partial charge in [-0.1, -0.05) is 83.6 Å². The lowest BCUT2D eigenvalue weighted by atomic mass is 9.95. The Labute approximate surface area is 240 Å². The number of thiazole rings is 1. The van der Waals surface area contributed by atoms with E-state index < -0.39 is 35.0 Å². The van der Waals surface area contributed by atoms with Gasteiger partial charge in [-0.25, -0.2) is 9.79 Å². The van der Waals surface area contributed by atoms with Crippen molar-refractivity contribution in [2.24, 2.45) is 4.99 Å². The number of allylic oxidation sites excluding steroid dienone is 1. The number of hydrogen-bond acceptors (Lipinski definition) is 5. The van der Waals surface area contributed by atoms with Crippen molar-refractivity contribution >= 4 is 56.5 Å². The molecular weight excluding hydrogens is 573 g/mol. The van der Waals surface area contributed by atoms with Gasteiger partial charge < -0.3 is 4.74 Å². The number of aromatic nitrogens is 1. The molecule has 0 bridgehead atoms. The van der Waals surface area contributed by atoms with E-state index >= 15 is 0 Å². The molecule has 0 aliphatic carbocycles. The Morgan fingerprint density at radius 1 is 1.02 bits per heavy atom. The molecule has 5 aromatic rings. The number of benzene rings is 4. The molecule has 2 heterocycles. The van der Waals surface area contributed by atoms with Gasteiger partial charge in [0.2, 0.25) is 0 Å². The van der Waals surface area contributed by atoms with Crippen LogP contribution in [0.25, 0.3) is 27.6 Å². The first kappa shape index (κ1) is 27.0. The van der Waals surface area contributed by atoms with Gasteiger partial charge in [-0.05, 0) is 63.9 Å². The number of fused-ring (bicyclic) bond motifs is 3. The van der Waals surface area contributed by atoms with Gasteiger partial charge in [0.25, 0.3) is 5.56 Å². The maximum Gasteiger partial charge on any atom is 0.434 e. The van der Waals surface area contributed by atoms with Crippen molar-refractivity contribution in [2.45, 2.75) is 19.1 Å². The maximum absolute atomic E-state index is 14.4. The highest BCUT2D eigenvalue weighted by Crippen LogP contribution is 2.38. The molecule has 5 nitrogen and oxygen atoms in total. The summed E-state index contributed by atoms with van der Waals surface area (Å²) >= 11 is 6.89. The van der Waals surface area contributed by atoms with Crippen LogP contribution in [0.5, 0.6) is 0 Å². The third-order valence-corrected chi connectivity index (χ3v) is 8.10. The quantitative estimate of drug-likeness (QED) is 0.182. The summed E-state index contributed by atoms with van der Waals surface area (Å²) in [5.74, 6) is -1.20. The minimum absolute atomic E-state index is 0.153. The number of esters is 1. The van der Waals surface area contributed by atoms with Crippen molar-refractivity contribution in [3.05, 3.63) is 126 Å². The zero-order valence-corrected chi connectivity index (χ0v) is 23.0. The van der Waals surface area contributed by atoms with Crippen molar-refractivity contribution in [2.75, 3.05) is 6.61 Å². The van der Waals surface area contributed by atoms with E-state index in [4.69, 9.17) is 16.3 Å². The molecule has 206 valence electrons. The van der Waals surface area contributed by atoms with Crippen molar-refractivity contribution in [1.82, 2.24) is 4.57 Å².